The zero-order chi connectivity index (χ0) is 9.84. The molecule has 3 nitrogen and oxygen atoms in total. The lowest BCUT2D eigenvalue weighted by molar-refractivity contribution is -0.114. The van der Waals surface area contributed by atoms with Crippen molar-refractivity contribution >= 4 is 0 Å². The Morgan fingerprint density at radius 1 is 1.38 bits per heavy atom. The number of hydrogen-bond donors (Lipinski definition) is 1. The van der Waals surface area contributed by atoms with Crippen LogP contribution in [0.1, 0.15) is 20.8 Å². The predicted molar refractivity (Wildman–Crippen MR) is 52.8 cm³/mol. The molecule has 1 rings (SSSR count). The summed E-state index contributed by atoms with van der Waals surface area (Å²) in [5.74, 6) is 0.502. The minimum atomic E-state index is 0.203. The third-order valence-electron chi connectivity index (χ3n) is 2.48. The van der Waals surface area contributed by atoms with Gasteiger partial charge in [-0.3, -0.25) is 0 Å². The fourth-order valence-electron chi connectivity index (χ4n) is 1.87. The van der Waals surface area contributed by atoms with Gasteiger partial charge in [-0.1, -0.05) is 13.8 Å². The fraction of sp³-hybridized carbons (Fsp3) is 1.00. The minimum absolute atomic E-state index is 0.203. The molecule has 1 aliphatic heterocycles. The summed E-state index contributed by atoms with van der Waals surface area (Å²) in [6.45, 7) is 8.27. The maximum absolute atomic E-state index is 5.81. The molecule has 0 spiro atoms. The molecular formula is C10H21NO2. The van der Waals surface area contributed by atoms with Crippen molar-refractivity contribution in [1.29, 1.82) is 0 Å². The summed E-state index contributed by atoms with van der Waals surface area (Å²) in [4.78, 5) is 0. The van der Waals surface area contributed by atoms with Crippen LogP contribution in [0.4, 0.5) is 0 Å². The number of morpholine rings is 1. The number of ether oxygens (including phenoxy) is 2. The van der Waals surface area contributed by atoms with E-state index in [1.54, 1.807) is 7.11 Å². The summed E-state index contributed by atoms with van der Waals surface area (Å²) in [5, 5.41) is 3.35. The van der Waals surface area contributed by atoms with Crippen LogP contribution < -0.4 is 5.32 Å². The van der Waals surface area contributed by atoms with Gasteiger partial charge in [0.05, 0.1) is 18.3 Å². The van der Waals surface area contributed by atoms with E-state index in [1.165, 1.54) is 0 Å². The lowest BCUT2D eigenvalue weighted by Gasteiger charge is -2.35. The summed E-state index contributed by atoms with van der Waals surface area (Å²) in [5.41, 5.74) is 0. The molecule has 3 heteroatoms. The number of rotatable bonds is 3. The normalized spacial score (nSPS) is 32.1. The molecule has 3 unspecified atom stereocenters. The molecule has 0 amide bonds. The van der Waals surface area contributed by atoms with Crippen LogP contribution in [-0.4, -0.2) is 38.5 Å². The second-order valence-corrected chi connectivity index (χ2v) is 4.09. The average molecular weight is 187 g/mol. The van der Waals surface area contributed by atoms with Gasteiger partial charge >= 0.3 is 0 Å². The van der Waals surface area contributed by atoms with Crippen LogP contribution in [0.25, 0.3) is 0 Å². The Bertz CT molecular complexity index is 150. The molecule has 0 saturated carbocycles. The smallest absolute Gasteiger partial charge is 0.0967 e. The summed E-state index contributed by atoms with van der Waals surface area (Å²) in [6.07, 6.45) is 0.708. The first-order valence-corrected chi connectivity index (χ1v) is 5.04. The first-order chi connectivity index (χ1) is 6.15. The van der Waals surface area contributed by atoms with Crippen LogP contribution in [0.5, 0.6) is 0 Å². The Hall–Kier alpha value is -0.120. The van der Waals surface area contributed by atoms with E-state index in [9.17, 15) is 0 Å². The van der Waals surface area contributed by atoms with E-state index in [2.05, 4.69) is 26.1 Å². The van der Waals surface area contributed by atoms with Crippen LogP contribution in [0, 0.1) is 5.92 Å². The van der Waals surface area contributed by atoms with Crippen LogP contribution in [0.3, 0.4) is 0 Å². The molecule has 1 saturated heterocycles. The molecule has 78 valence electrons. The van der Waals surface area contributed by atoms with Gasteiger partial charge in [0.25, 0.3) is 0 Å². The largest absolute Gasteiger partial charge is 0.378 e. The topological polar surface area (TPSA) is 30.5 Å². The SMILES string of the molecule is COC(C(C)C)C1CNCC(C)O1. The van der Waals surface area contributed by atoms with Crippen LogP contribution in [0.2, 0.25) is 0 Å². The van der Waals surface area contributed by atoms with Gasteiger partial charge in [-0.2, -0.15) is 0 Å². The first-order valence-electron chi connectivity index (χ1n) is 5.04. The van der Waals surface area contributed by atoms with Crippen LogP contribution >= 0.6 is 0 Å². The molecule has 0 aromatic carbocycles. The second kappa shape index (κ2) is 4.94. The van der Waals surface area contributed by atoms with Gasteiger partial charge in [-0.15, -0.1) is 0 Å². The highest BCUT2D eigenvalue weighted by atomic mass is 16.5. The third kappa shape index (κ3) is 2.93. The van der Waals surface area contributed by atoms with Crippen LogP contribution in [0.15, 0.2) is 0 Å². The quantitative estimate of drug-likeness (QED) is 0.716. The standard InChI is InChI=1S/C10H21NO2/c1-7(2)10(12-4)9-6-11-5-8(3)13-9/h7-11H,5-6H2,1-4H3. The van der Waals surface area contributed by atoms with Crippen molar-refractivity contribution in [3.8, 4) is 0 Å². The van der Waals surface area contributed by atoms with Crippen molar-refractivity contribution in [2.45, 2.75) is 39.1 Å². The molecule has 0 aromatic rings. The molecule has 0 bridgehead atoms. The van der Waals surface area contributed by atoms with Gasteiger partial charge in [0.15, 0.2) is 0 Å². The molecular weight excluding hydrogens is 166 g/mol. The van der Waals surface area contributed by atoms with E-state index in [0.717, 1.165) is 13.1 Å². The number of nitrogens with one attached hydrogen (secondary N) is 1. The van der Waals surface area contributed by atoms with E-state index >= 15 is 0 Å². The van der Waals surface area contributed by atoms with E-state index in [0.29, 0.717) is 12.0 Å². The Labute approximate surface area is 80.8 Å². The molecule has 0 aliphatic carbocycles. The van der Waals surface area contributed by atoms with Gasteiger partial charge in [0, 0.05) is 20.2 Å². The molecule has 3 atom stereocenters. The Kier molecular flexibility index (Phi) is 4.16. The summed E-state index contributed by atoms with van der Waals surface area (Å²) < 4.78 is 11.2. The molecule has 1 fully saturated rings. The van der Waals surface area contributed by atoms with Gasteiger partial charge < -0.3 is 14.8 Å². The highest BCUT2D eigenvalue weighted by molar-refractivity contribution is 4.80. The number of methoxy groups -OCH3 is 1. The van der Waals surface area contributed by atoms with Crippen LogP contribution in [-0.2, 0) is 9.47 Å². The zero-order valence-corrected chi connectivity index (χ0v) is 9.04. The van der Waals surface area contributed by atoms with Gasteiger partial charge in [-0.25, -0.2) is 0 Å². The lowest BCUT2D eigenvalue weighted by Crippen LogP contribution is -2.50. The fourth-order valence-corrected chi connectivity index (χ4v) is 1.87. The first kappa shape index (κ1) is 11.0. The lowest BCUT2D eigenvalue weighted by atomic mass is 10.0. The van der Waals surface area contributed by atoms with Gasteiger partial charge in [-0.05, 0) is 12.8 Å². The Morgan fingerprint density at radius 2 is 2.08 bits per heavy atom. The molecule has 1 N–H and O–H groups in total. The maximum atomic E-state index is 5.81. The average Bonchev–Trinajstić information content (AvgIpc) is 2.04. The molecule has 13 heavy (non-hydrogen) atoms. The molecule has 0 radical (unpaired) electrons. The maximum Gasteiger partial charge on any atom is 0.0967 e. The third-order valence-corrected chi connectivity index (χ3v) is 2.48. The van der Waals surface area contributed by atoms with E-state index in [4.69, 9.17) is 9.47 Å². The second-order valence-electron chi connectivity index (χ2n) is 4.09. The minimum Gasteiger partial charge on any atom is -0.378 e. The van der Waals surface area contributed by atoms with Crippen molar-refractivity contribution in [1.82, 2.24) is 5.32 Å². The van der Waals surface area contributed by atoms with Crippen molar-refractivity contribution in [3.05, 3.63) is 0 Å². The predicted octanol–water partition coefficient (Wildman–Crippen LogP) is 1.03. The van der Waals surface area contributed by atoms with Gasteiger partial charge in [0.2, 0.25) is 0 Å². The summed E-state index contributed by atoms with van der Waals surface area (Å²) in [6, 6.07) is 0. The van der Waals surface area contributed by atoms with Crippen molar-refractivity contribution in [2.24, 2.45) is 5.92 Å². The van der Waals surface area contributed by atoms with Crippen molar-refractivity contribution in [2.75, 3.05) is 20.2 Å². The molecule has 1 heterocycles. The Morgan fingerprint density at radius 3 is 2.54 bits per heavy atom. The van der Waals surface area contributed by atoms with Crippen molar-refractivity contribution in [3.63, 3.8) is 0 Å². The zero-order valence-electron chi connectivity index (χ0n) is 9.04. The van der Waals surface area contributed by atoms with E-state index in [-0.39, 0.29) is 12.2 Å². The summed E-state index contributed by atoms with van der Waals surface area (Å²) >= 11 is 0. The van der Waals surface area contributed by atoms with Gasteiger partial charge in [0.1, 0.15) is 0 Å². The molecule has 0 aromatic heterocycles. The molecule has 1 aliphatic rings. The highest BCUT2D eigenvalue weighted by Gasteiger charge is 2.29. The van der Waals surface area contributed by atoms with E-state index < -0.39 is 0 Å². The summed E-state index contributed by atoms with van der Waals surface area (Å²) in [7, 11) is 1.76. The van der Waals surface area contributed by atoms with Crippen molar-refractivity contribution < 1.29 is 9.47 Å². The Balaban J connectivity index is 2.47. The monoisotopic (exact) mass is 187 g/mol. The highest BCUT2D eigenvalue weighted by Crippen LogP contribution is 2.16. The number of hydrogen-bond acceptors (Lipinski definition) is 3. The van der Waals surface area contributed by atoms with E-state index in [1.807, 2.05) is 0 Å².